The summed E-state index contributed by atoms with van der Waals surface area (Å²) in [5.74, 6) is -0.373. The van der Waals surface area contributed by atoms with E-state index in [0.29, 0.717) is 22.6 Å². The third kappa shape index (κ3) is 4.12. The van der Waals surface area contributed by atoms with Crippen LogP contribution in [0, 0.1) is 19.7 Å². The molecule has 0 atom stereocenters. The summed E-state index contributed by atoms with van der Waals surface area (Å²) in [6, 6.07) is 6.97. The van der Waals surface area contributed by atoms with Gasteiger partial charge in [-0.05, 0) is 38.1 Å². The van der Waals surface area contributed by atoms with E-state index >= 15 is 0 Å². The van der Waals surface area contributed by atoms with Crippen molar-refractivity contribution in [2.45, 2.75) is 25.3 Å². The second-order valence-electron chi connectivity index (χ2n) is 5.97. The molecule has 10 heteroatoms. The van der Waals surface area contributed by atoms with Crippen molar-refractivity contribution in [2.75, 3.05) is 6.54 Å². The van der Waals surface area contributed by atoms with Crippen LogP contribution in [0.25, 0.3) is 11.3 Å². The first-order valence-corrected chi connectivity index (χ1v) is 9.60. The van der Waals surface area contributed by atoms with Crippen molar-refractivity contribution in [3.63, 3.8) is 0 Å². The van der Waals surface area contributed by atoms with Crippen LogP contribution in [0.5, 0.6) is 0 Å². The van der Waals surface area contributed by atoms with E-state index in [1.165, 1.54) is 41.2 Å². The largest absolute Gasteiger partial charge is 0.298 e. The zero-order valence-corrected chi connectivity index (χ0v) is 15.5. The van der Waals surface area contributed by atoms with E-state index in [1.54, 1.807) is 13.8 Å². The Bertz CT molecular complexity index is 1100. The van der Waals surface area contributed by atoms with Gasteiger partial charge in [0.1, 0.15) is 10.7 Å². The molecule has 3 rings (SSSR count). The monoisotopic (exact) mass is 391 g/mol. The summed E-state index contributed by atoms with van der Waals surface area (Å²) >= 11 is 0. The van der Waals surface area contributed by atoms with Gasteiger partial charge in [0, 0.05) is 24.7 Å². The van der Waals surface area contributed by atoms with E-state index in [2.05, 4.69) is 19.9 Å². The summed E-state index contributed by atoms with van der Waals surface area (Å²) in [4.78, 5) is 16.5. The predicted molar refractivity (Wildman–Crippen MR) is 97.1 cm³/mol. The van der Waals surface area contributed by atoms with E-state index in [0.717, 1.165) is 0 Å². The van der Waals surface area contributed by atoms with Crippen molar-refractivity contribution in [3.05, 3.63) is 64.2 Å². The van der Waals surface area contributed by atoms with Crippen LogP contribution in [-0.4, -0.2) is 34.7 Å². The van der Waals surface area contributed by atoms with Crippen LogP contribution in [0.1, 0.15) is 11.4 Å². The molecule has 0 aliphatic rings. The number of nitrogens with one attached hydrogen (secondary N) is 2. The fourth-order valence-electron chi connectivity index (χ4n) is 2.68. The molecule has 2 N–H and O–H groups in total. The summed E-state index contributed by atoms with van der Waals surface area (Å²) in [5, 5.41) is 6.50. The smallest absolute Gasteiger partial charge is 0.253 e. The van der Waals surface area contributed by atoms with Gasteiger partial charge in [0.2, 0.25) is 10.0 Å². The zero-order chi connectivity index (χ0) is 19.6. The van der Waals surface area contributed by atoms with E-state index in [1.807, 2.05) is 0 Å². The van der Waals surface area contributed by atoms with Crippen LogP contribution in [0.4, 0.5) is 4.39 Å². The summed E-state index contributed by atoms with van der Waals surface area (Å²) in [6.45, 7) is 3.35. The molecule has 0 saturated heterocycles. The number of aromatic nitrogens is 4. The highest BCUT2D eigenvalue weighted by atomic mass is 32.2. The maximum Gasteiger partial charge on any atom is 0.253 e. The first-order chi connectivity index (χ1) is 12.8. The fraction of sp³-hybridized carbons (Fsp3) is 0.235. The van der Waals surface area contributed by atoms with E-state index < -0.39 is 10.0 Å². The molecule has 0 saturated carbocycles. The Balaban J connectivity index is 1.70. The lowest BCUT2D eigenvalue weighted by Gasteiger charge is -2.09. The van der Waals surface area contributed by atoms with Gasteiger partial charge in [-0.1, -0.05) is 0 Å². The highest BCUT2D eigenvalue weighted by Gasteiger charge is 2.21. The van der Waals surface area contributed by atoms with Gasteiger partial charge < -0.3 is 0 Å². The van der Waals surface area contributed by atoms with Gasteiger partial charge >= 0.3 is 0 Å². The Morgan fingerprint density at radius 3 is 2.52 bits per heavy atom. The first-order valence-electron chi connectivity index (χ1n) is 8.11. The number of aryl methyl sites for hydroxylation is 2. The lowest BCUT2D eigenvalue weighted by atomic mass is 10.1. The van der Waals surface area contributed by atoms with Crippen LogP contribution in [0.2, 0.25) is 0 Å². The molecule has 0 unspecified atom stereocenters. The molecule has 0 spiro atoms. The van der Waals surface area contributed by atoms with Gasteiger partial charge in [-0.25, -0.2) is 22.5 Å². The normalized spacial score (nSPS) is 11.7. The fourth-order valence-corrected chi connectivity index (χ4v) is 4.07. The summed E-state index contributed by atoms with van der Waals surface area (Å²) in [5.41, 5.74) is 1.53. The lowest BCUT2D eigenvalue weighted by molar-refractivity contribution is 0.568. The number of sulfonamides is 1. The topological polar surface area (TPSA) is 110 Å². The van der Waals surface area contributed by atoms with Crippen LogP contribution in [0.3, 0.4) is 0 Å². The molecular weight excluding hydrogens is 373 g/mol. The van der Waals surface area contributed by atoms with Crippen molar-refractivity contribution < 1.29 is 12.8 Å². The third-order valence-corrected chi connectivity index (χ3v) is 5.72. The van der Waals surface area contributed by atoms with Gasteiger partial charge in [0.15, 0.2) is 0 Å². The average molecular weight is 391 g/mol. The Morgan fingerprint density at radius 1 is 1.22 bits per heavy atom. The van der Waals surface area contributed by atoms with Crippen molar-refractivity contribution in [1.29, 1.82) is 0 Å². The zero-order valence-electron chi connectivity index (χ0n) is 14.7. The Kier molecular flexibility index (Phi) is 5.19. The van der Waals surface area contributed by atoms with Crippen LogP contribution in [0.15, 0.2) is 46.3 Å². The van der Waals surface area contributed by atoms with Gasteiger partial charge in [0.25, 0.3) is 5.56 Å². The van der Waals surface area contributed by atoms with E-state index in [4.69, 9.17) is 0 Å². The molecule has 0 aliphatic carbocycles. The Morgan fingerprint density at radius 2 is 1.93 bits per heavy atom. The summed E-state index contributed by atoms with van der Waals surface area (Å²) in [6.07, 6.45) is 1.34. The molecule has 27 heavy (non-hydrogen) atoms. The number of hydrogen-bond donors (Lipinski definition) is 2. The molecule has 0 radical (unpaired) electrons. The molecule has 0 amide bonds. The molecule has 0 fully saturated rings. The minimum atomic E-state index is -3.73. The third-order valence-electron chi connectivity index (χ3n) is 3.99. The number of halogens is 1. The number of rotatable bonds is 6. The standard InChI is InChI=1S/C17H18FN5O3S/c1-11-17(12(2)22-21-11)27(25,26)20-7-8-23-10-19-15(9-16(23)24)13-3-5-14(18)6-4-13/h3-6,9-10,20H,7-8H2,1-2H3,(H,21,22). The molecule has 2 heterocycles. The number of nitrogens with zero attached hydrogens (tertiary/aromatic N) is 3. The van der Waals surface area contributed by atoms with Crippen LogP contribution < -0.4 is 10.3 Å². The minimum absolute atomic E-state index is 0.0177. The Hall–Kier alpha value is -2.85. The van der Waals surface area contributed by atoms with Crippen molar-refractivity contribution in [1.82, 2.24) is 24.5 Å². The average Bonchev–Trinajstić information content (AvgIpc) is 2.96. The maximum absolute atomic E-state index is 13.0. The maximum atomic E-state index is 13.0. The number of hydrogen-bond acceptors (Lipinski definition) is 5. The van der Waals surface area contributed by atoms with Gasteiger partial charge in [0.05, 0.1) is 23.4 Å². The molecular formula is C17H18FN5O3S. The predicted octanol–water partition coefficient (Wildman–Crippen LogP) is 1.37. The van der Waals surface area contributed by atoms with Gasteiger partial charge in [-0.15, -0.1) is 0 Å². The SMILES string of the molecule is Cc1n[nH]c(C)c1S(=O)(=O)NCCn1cnc(-c2ccc(F)cc2)cc1=O. The van der Waals surface area contributed by atoms with Crippen LogP contribution in [-0.2, 0) is 16.6 Å². The second-order valence-corrected chi connectivity index (χ2v) is 7.68. The van der Waals surface area contributed by atoms with Crippen molar-refractivity contribution in [2.24, 2.45) is 0 Å². The van der Waals surface area contributed by atoms with E-state index in [9.17, 15) is 17.6 Å². The summed E-state index contributed by atoms with van der Waals surface area (Å²) < 4.78 is 41.5. The number of H-pyrrole nitrogens is 1. The number of aromatic amines is 1. The first kappa shape index (κ1) is 18.9. The highest BCUT2D eigenvalue weighted by molar-refractivity contribution is 7.89. The van der Waals surface area contributed by atoms with Crippen molar-refractivity contribution in [3.8, 4) is 11.3 Å². The molecule has 0 aliphatic heterocycles. The van der Waals surface area contributed by atoms with Crippen molar-refractivity contribution >= 4 is 10.0 Å². The molecule has 3 aromatic rings. The molecule has 142 valence electrons. The minimum Gasteiger partial charge on any atom is -0.298 e. The van der Waals surface area contributed by atoms with Gasteiger partial charge in [-0.3, -0.25) is 14.5 Å². The molecule has 1 aromatic carbocycles. The molecule has 2 aromatic heterocycles. The van der Waals surface area contributed by atoms with E-state index in [-0.39, 0.29) is 29.4 Å². The molecule has 0 bridgehead atoms. The lowest BCUT2D eigenvalue weighted by Crippen LogP contribution is -2.31. The Labute approximate surface area is 155 Å². The number of benzene rings is 1. The molecule has 8 nitrogen and oxygen atoms in total. The van der Waals surface area contributed by atoms with Gasteiger partial charge in [-0.2, -0.15) is 5.10 Å². The highest BCUT2D eigenvalue weighted by Crippen LogP contribution is 2.16. The quantitative estimate of drug-likeness (QED) is 0.659. The second kappa shape index (κ2) is 7.41. The van der Waals surface area contributed by atoms with Crippen LogP contribution >= 0.6 is 0 Å². The summed E-state index contributed by atoms with van der Waals surface area (Å²) in [7, 11) is -3.73.